The minimum Gasteiger partial charge on any atom is -0.427 e. The van der Waals surface area contributed by atoms with Crippen LogP contribution in [0.5, 0.6) is 0 Å². The van der Waals surface area contributed by atoms with Crippen molar-refractivity contribution >= 4 is 22.6 Å². The average Bonchev–Trinajstić information content (AvgIpc) is 3.09. The van der Waals surface area contributed by atoms with Crippen molar-refractivity contribution in [3.63, 3.8) is 0 Å². The fourth-order valence-electron chi connectivity index (χ4n) is 3.37. The number of amides is 1. The number of aromatic amines is 2. The van der Waals surface area contributed by atoms with Crippen LogP contribution in [0.1, 0.15) is 27.2 Å². The number of H-pyrrole nitrogens is 2. The van der Waals surface area contributed by atoms with Gasteiger partial charge in [-0.1, -0.05) is 18.2 Å². The van der Waals surface area contributed by atoms with Gasteiger partial charge in [-0.15, -0.1) is 0 Å². The Labute approximate surface area is 165 Å². The number of nitrogens with one attached hydrogen (secondary N) is 3. The number of para-hydroxylation sites is 1. The van der Waals surface area contributed by atoms with Crippen LogP contribution in [0.4, 0.5) is 5.82 Å². The van der Waals surface area contributed by atoms with Crippen LogP contribution >= 0.6 is 0 Å². The fourth-order valence-corrected chi connectivity index (χ4v) is 3.37. The lowest BCUT2D eigenvalue weighted by atomic mass is 10.1. The zero-order valence-electron chi connectivity index (χ0n) is 15.7. The van der Waals surface area contributed by atoms with Crippen molar-refractivity contribution in [2.75, 3.05) is 5.32 Å². The van der Waals surface area contributed by atoms with Crippen LogP contribution in [0.15, 0.2) is 68.9 Å². The first-order valence-electron chi connectivity index (χ1n) is 9.20. The van der Waals surface area contributed by atoms with E-state index in [2.05, 4.69) is 15.3 Å². The van der Waals surface area contributed by atoms with Crippen LogP contribution in [-0.4, -0.2) is 15.9 Å². The van der Waals surface area contributed by atoms with Gasteiger partial charge in [0.15, 0.2) is 5.43 Å². The number of rotatable bonds is 5. The van der Waals surface area contributed by atoms with E-state index >= 15 is 0 Å². The van der Waals surface area contributed by atoms with Crippen LogP contribution in [-0.2, 0) is 12.8 Å². The lowest BCUT2D eigenvalue weighted by Gasteiger charge is -2.08. The molecule has 0 spiro atoms. The van der Waals surface area contributed by atoms with Crippen molar-refractivity contribution in [2.45, 2.75) is 19.8 Å². The second-order valence-electron chi connectivity index (χ2n) is 6.81. The summed E-state index contributed by atoms with van der Waals surface area (Å²) in [6.45, 7) is 1.69. The Hall–Kier alpha value is -3.87. The van der Waals surface area contributed by atoms with E-state index in [1.807, 2.05) is 30.5 Å². The van der Waals surface area contributed by atoms with E-state index in [4.69, 9.17) is 4.42 Å². The molecule has 0 aliphatic rings. The highest BCUT2D eigenvalue weighted by Gasteiger charge is 2.17. The number of anilines is 1. The molecule has 0 unspecified atom stereocenters. The number of fused-ring (bicyclic) bond motifs is 1. The second kappa shape index (κ2) is 7.63. The van der Waals surface area contributed by atoms with Gasteiger partial charge in [-0.05, 0) is 36.6 Å². The van der Waals surface area contributed by atoms with Gasteiger partial charge in [0.1, 0.15) is 17.1 Å². The van der Waals surface area contributed by atoms with Crippen molar-refractivity contribution in [2.24, 2.45) is 0 Å². The molecule has 3 aromatic heterocycles. The Kier molecular flexibility index (Phi) is 4.87. The Morgan fingerprint density at radius 1 is 1.07 bits per heavy atom. The normalized spacial score (nSPS) is 10.9. The number of aryl methyl sites for hydroxylation is 3. The van der Waals surface area contributed by atoms with E-state index in [1.54, 1.807) is 13.0 Å². The predicted octanol–water partition coefficient (Wildman–Crippen LogP) is 3.16. The largest absolute Gasteiger partial charge is 0.427 e. The van der Waals surface area contributed by atoms with E-state index in [1.165, 1.54) is 18.3 Å². The maximum Gasteiger partial charge on any atom is 0.349 e. The summed E-state index contributed by atoms with van der Waals surface area (Å²) in [4.78, 5) is 42.3. The van der Waals surface area contributed by atoms with Crippen LogP contribution in [0.2, 0.25) is 0 Å². The SMILES string of the molecule is Cc1cc(CCc2c[nH]c3ccccc23)oc(=O)c1C(=O)Nc1cc(=O)cc[nH]1. The molecule has 146 valence electrons. The summed E-state index contributed by atoms with van der Waals surface area (Å²) in [6, 6.07) is 12.3. The molecule has 0 aliphatic carbocycles. The molecule has 0 bridgehead atoms. The van der Waals surface area contributed by atoms with Gasteiger partial charge in [-0.2, -0.15) is 0 Å². The third-order valence-electron chi connectivity index (χ3n) is 4.76. The summed E-state index contributed by atoms with van der Waals surface area (Å²) in [6.07, 6.45) is 4.61. The number of carbonyl (C=O) groups is 1. The Balaban J connectivity index is 1.53. The molecule has 29 heavy (non-hydrogen) atoms. The van der Waals surface area contributed by atoms with Gasteiger partial charge in [0.05, 0.1) is 0 Å². The Morgan fingerprint density at radius 2 is 1.90 bits per heavy atom. The summed E-state index contributed by atoms with van der Waals surface area (Å²) in [7, 11) is 0. The quantitative estimate of drug-likeness (QED) is 0.487. The van der Waals surface area contributed by atoms with Crippen molar-refractivity contribution in [3.05, 3.63) is 98.0 Å². The first-order valence-corrected chi connectivity index (χ1v) is 9.20. The Bertz CT molecular complexity index is 1310. The Morgan fingerprint density at radius 3 is 2.69 bits per heavy atom. The van der Waals surface area contributed by atoms with E-state index in [0.29, 0.717) is 24.2 Å². The van der Waals surface area contributed by atoms with Gasteiger partial charge in [0.25, 0.3) is 5.91 Å². The van der Waals surface area contributed by atoms with Crippen molar-refractivity contribution in [1.82, 2.24) is 9.97 Å². The monoisotopic (exact) mass is 389 g/mol. The van der Waals surface area contributed by atoms with Gasteiger partial charge in [0.2, 0.25) is 0 Å². The van der Waals surface area contributed by atoms with E-state index in [-0.39, 0.29) is 16.8 Å². The number of pyridine rings is 1. The topological polar surface area (TPSA) is 108 Å². The molecule has 0 fully saturated rings. The predicted molar refractivity (Wildman–Crippen MR) is 110 cm³/mol. The standard InChI is InChI=1S/C22H19N3O4/c1-13-10-16(7-6-14-12-24-18-5-3-2-4-17(14)18)29-22(28)20(13)21(27)25-19-11-15(26)8-9-23-19/h2-5,8-12,24H,6-7H2,1H3,(H2,23,25,26,27). The van der Waals surface area contributed by atoms with Gasteiger partial charge in [-0.25, -0.2) is 4.79 Å². The lowest BCUT2D eigenvalue weighted by molar-refractivity contribution is 0.102. The molecule has 3 N–H and O–H groups in total. The highest BCUT2D eigenvalue weighted by atomic mass is 16.4. The summed E-state index contributed by atoms with van der Waals surface area (Å²) in [5.74, 6) is 0.105. The first-order chi connectivity index (χ1) is 14.0. The summed E-state index contributed by atoms with van der Waals surface area (Å²) in [5, 5.41) is 3.65. The van der Waals surface area contributed by atoms with Crippen LogP contribution in [0.3, 0.4) is 0 Å². The number of hydrogen-bond donors (Lipinski definition) is 3. The summed E-state index contributed by atoms with van der Waals surface area (Å²) >= 11 is 0. The first kappa shape index (κ1) is 18.5. The maximum absolute atomic E-state index is 12.5. The molecular weight excluding hydrogens is 370 g/mol. The molecule has 3 heterocycles. The molecule has 1 amide bonds. The van der Waals surface area contributed by atoms with E-state index in [9.17, 15) is 14.4 Å². The van der Waals surface area contributed by atoms with Gasteiger partial charge in [-0.3, -0.25) is 9.59 Å². The molecule has 0 radical (unpaired) electrons. The molecule has 1 aromatic carbocycles. The molecule has 7 heteroatoms. The molecule has 4 aromatic rings. The highest BCUT2D eigenvalue weighted by Crippen LogP contribution is 2.20. The molecule has 0 saturated heterocycles. The zero-order valence-corrected chi connectivity index (χ0v) is 15.7. The van der Waals surface area contributed by atoms with Crippen molar-refractivity contribution < 1.29 is 9.21 Å². The highest BCUT2D eigenvalue weighted by molar-refractivity contribution is 6.04. The molecule has 0 atom stereocenters. The zero-order chi connectivity index (χ0) is 20.4. The minimum atomic E-state index is -0.699. The van der Waals surface area contributed by atoms with Crippen molar-refractivity contribution in [3.8, 4) is 0 Å². The van der Waals surface area contributed by atoms with Gasteiger partial charge >= 0.3 is 5.63 Å². The fraction of sp³-hybridized carbons (Fsp3) is 0.136. The number of hydrogen-bond acceptors (Lipinski definition) is 4. The number of aromatic nitrogens is 2. The molecule has 7 nitrogen and oxygen atoms in total. The smallest absolute Gasteiger partial charge is 0.349 e. The van der Waals surface area contributed by atoms with E-state index in [0.717, 1.165) is 16.5 Å². The van der Waals surface area contributed by atoms with Gasteiger partial charge in [0, 0.05) is 41.9 Å². The summed E-state index contributed by atoms with van der Waals surface area (Å²) in [5.41, 5.74) is 1.68. The minimum absolute atomic E-state index is 0.0782. The van der Waals surface area contributed by atoms with Gasteiger partial charge < -0.3 is 19.7 Å². The number of carbonyl (C=O) groups excluding carboxylic acids is 1. The third kappa shape index (κ3) is 3.89. The molecule has 4 rings (SSSR count). The maximum atomic E-state index is 12.5. The van der Waals surface area contributed by atoms with Crippen LogP contribution in [0.25, 0.3) is 10.9 Å². The van der Waals surface area contributed by atoms with Crippen molar-refractivity contribution in [1.29, 1.82) is 0 Å². The summed E-state index contributed by atoms with van der Waals surface area (Å²) < 4.78 is 5.38. The molecule has 0 saturated carbocycles. The third-order valence-corrected chi connectivity index (χ3v) is 4.76. The van der Waals surface area contributed by atoms with E-state index < -0.39 is 11.5 Å². The number of benzene rings is 1. The molecular formula is C22H19N3O4. The molecule has 0 aliphatic heterocycles. The second-order valence-corrected chi connectivity index (χ2v) is 6.81. The van der Waals surface area contributed by atoms with Crippen LogP contribution < -0.4 is 16.4 Å². The lowest BCUT2D eigenvalue weighted by Crippen LogP contribution is -2.24. The van der Waals surface area contributed by atoms with Crippen LogP contribution in [0, 0.1) is 6.92 Å². The average molecular weight is 389 g/mol.